The Kier molecular flexibility index (Phi) is 4.94. The number of rotatable bonds is 4. The molecule has 8 heteroatoms. The molecule has 0 aromatic heterocycles. The van der Waals surface area contributed by atoms with Crippen molar-refractivity contribution in [2.24, 2.45) is 0 Å². The molecule has 1 aromatic rings. The molecule has 20 heavy (non-hydrogen) atoms. The zero-order chi connectivity index (χ0) is 14.9. The molecule has 0 aliphatic carbocycles. The highest BCUT2D eigenvalue weighted by molar-refractivity contribution is 7.89. The molecule has 1 heterocycles. The monoisotopic (exact) mass is 338 g/mol. The van der Waals surface area contributed by atoms with Crippen LogP contribution in [0.3, 0.4) is 0 Å². The highest BCUT2D eigenvalue weighted by Gasteiger charge is 2.27. The lowest BCUT2D eigenvalue weighted by Gasteiger charge is -2.15. The second kappa shape index (κ2) is 6.17. The first-order valence-electron chi connectivity index (χ1n) is 6.13. The predicted octanol–water partition coefficient (Wildman–Crippen LogP) is 1.47. The molecule has 1 fully saturated rings. The fraction of sp³-hybridized carbons (Fsp3) is 0.500. The topological polar surface area (TPSA) is 69.6 Å². The standard InChI is InChI=1S/C12H16Cl2N2O3S/c1-16-3-2-9(6-16)15-20(18,19)12-4-8(7-17)10(13)5-11(12)14/h4-5,9,15,17H,2-3,6-7H2,1H3. The van der Waals surface area contributed by atoms with E-state index >= 15 is 0 Å². The summed E-state index contributed by atoms with van der Waals surface area (Å²) in [5, 5.41) is 9.46. The summed E-state index contributed by atoms with van der Waals surface area (Å²) >= 11 is 11.8. The van der Waals surface area contributed by atoms with Gasteiger partial charge in [-0.25, -0.2) is 13.1 Å². The maximum Gasteiger partial charge on any atom is 0.242 e. The highest BCUT2D eigenvalue weighted by atomic mass is 35.5. The average molecular weight is 339 g/mol. The van der Waals surface area contributed by atoms with Gasteiger partial charge in [-0.05, 0) is 37.7 Å². The van der Waals surface area contributed by atoms with E-state index in [-0.39, 0.29) is 27.6 Å². The van der Waals surface area contributed by atoms with Crippen LogP contribution < -0.4 is 4.72 Å². The van der Waals surface area contributed by atoms with E-state index in [0.29, 0.717) is 12.1 Å². The van der Waals surface area contributed by atoms with E-state index in [0.717, 1.165) is 13.0 Å². The van der Waals surface area contributed by atoms with Crippen molar-refractivity contribution in [3.63, 3.8) is 0 Å². The number of hydrogen-bond donors (Lipinski definition) is 2. The number of halogens is 2. The molecule has 1 aliphatic rings. The molecule has 112 valence electrons. The maximum atomic E-state index is 12.4. The first kappa shape index (κ1) is 16.0. The molecule has 0 radical (unpaired) electrons. The van der Waals surface area contributed by atoms with Crippen molar-refractivity contribution >= 4 is 33.2 Å². The average Bonchev–Trinajstić information content (AvgIpc) is 2.73. The largest absolute Gasteiger partial charge is 0.392 e. The van der Waals surface area contributed by atoms with Crippen LogP contribution in [-0.4, -0.2) is 44.6 Å². The molecule has 0 saturated carbocycles. The van der Waals surface area contributed by atoms with Gasteiger partial charge in [-0.2, -0.15) is 0 Å². The van der Waals surface area contributed by atoms with Gasteiger partial charge in [0.2, 0.25) is 10.0 Å². The maximum absolute atomic E-state index is 12.4. The van der Waals surface area contributed by atoms with Crippen molar-refractivity contribution in [2.45, 2.75) is 24.0 Å². The second-order valence-corrected chi connectivity index (χ2v) is 7.40. The number of hydrogen-bond acceptors (Lipinski definition) is 4. The fourth-order valence-electron chi connectivity index (χ4n) is 2.21. The second-order valence-electron chi connectivity index (χ2n) is 4.90. The molecule has 1 saturated heterocycles. The molecule has 1 unspecified atom stereocenters. The molecular weight excluding hydrogens is 323 g/mol. The Hall–Kier alpha value is -0.370. The van der Waals surface area contributed by atoms with E-state index in [1.807, 2.05) is 7.05 Å². The number of nitrogens with one attached hydrogen (secondary N) is 1. The quantitative estimate of drug-likeness (QED) is 0.872. The molecule has 2 N–H and O–H groups in total. The van der Waals surface area contributed by atoms with Crippen LogP contribution in [0.2, 0.25) is 10.0 Å². The van der Waals surface area contributed by atoms with Crippen LogP contribution in [0.25, 0.3) is 0 Å². The Labute approximate surface area is 128 Å². The first-order chi connectivity index (χ1) is 9.33. The minimum atomic E-state index is -3.73. The van der Waals surface area contributed by atoms with E-state index in [1.54, 1.807) is 0 Å². The van der Waals surface area contributed by atoms with Gasteiger partial charge in [0.15, 0.2) is 0 Å². The van der Waals surface area contributed by atoms with Gasteiger partial charge >= 0.3 is 0 Å². The summed E-state index contributed by atoms with van der Waals surface area (Å²) in [6, 6.07) is 2.52. The van der Waals surface area contributed by atoms with Gasteiger partial charge in [-0.3, -0.25) is 0 Å². The van der Waals surface area contributed by atoms with Crippen molar-refractivity contribution in [3.05, 3.63) is 27.7 Å². The van der Waals surface area contributed by atoms with Gasteiger partial charge in [0, 0.05) is 17.6 Å². The van der Waals surface area contributed by atoms with Crippen LogP contribution >= 0.6 is 23.2 Å². The van der Waals surface area contributed by atoms with E-state index in [1.165, 1.54) is 12.1 Å². The van der Waals surface area contributed by atoms with Crippen LogP contribution in [0.5, 0.6) is 0 Å². The number of sulfonamides is 1. The number of likely N-dealkylation sites (tertiary alicyclic amines) is 1. The lowest BCUT2D eigenvalue weighted by atomic mass is 10.2. The van der Waals surface area contributed by atoms with E-state index in [4.69, 9.17) is 28.3 Å². The Bertz CT molecular complexity index is 607. The van der Waals surface area contributed by atoms with Gasteiger partial charge in [-0.1, -0.05) is 23.2 Å². The molecule has 0 amide bonds. The Morgan fingerprint density at radius 2 is 2.10 bits per heavy atom. The van der Waals surface area contributed by atoms with E-state index < -0.39 is 10.0 Å². The van der Waals surface area contributed by atoms with Crippen molar-refractivity contribution in [1.82, 2.24) is 9.62 Å². The smallest absolute Gasteiger partial charge is 0.242 e. The van der Waals surface area contributed by atoms with Gasteiger partial charge in [0.1, 0.15) is 4.90 Å². The summed E-state index contributed by atoms with van der Waals surface area (Å²) in [4.78, 5) is 2.00. The number of likely N-dealkylation sites (N-methyl/N-ethyl adjacent to an activating group) is 1. The van der Waals surface area contributed by atoms with Gasteiger partial charge < -0.3 is 10.0 Å². The molecule has 1 aromatic carbocycles. The molecule has 5 nitrogen and oxygen atoms in total. The van der Waals surface area contributed by atoms with Gasteiger partial charge in [0.25, 0.3) is 0 Å². The third kappa shape index (κ3) is 3.44. The molecular formula is C12H16Cl2N2O3S. The minimum absolute atomic E-state index is 0.0473. The third-order valence-electron chi connectivity index (χ3n) is 3.27. The van der Waals surface area contributed by atoms with Crippen LogP contribution in [0.15, 0.2) is 17.0 Å². The van der Waals surface area contributed by atoms with Crippen molar-refractivity contribution in [3.8, 4) is 0 Å². The lowest BCUT2D eigenvalue weighted by Crippen LogP contribution is -2.36. The summed E-state index contributed by atoms with van der Waals surface area (Å²) in [6.45, 7) is 1.17. The fourth-order valence-corrected chi connectivity index (χ4v) is 4.33. The number of aliphatic hydroxyl groups is 1. The van der Waals surface area contributed by atoms with E-state index in [9.17, 15) is 8.42 Å². The summed E-state index contributed by atoms with van der Waals surface area (Å²) in [7, 11) is -1.79. The first-order valence-corrected chi connectivity index (χ1v) is 8.37. The normalized spacial score (nSPS) is 20.5. The van der Waals surface area contributed by atoms with Gasteiger partial charge in [0.05, 0.1) is 11.6 Å². The Morgan fingerprint density at radius 3 is 2.65 bits per heavy atom. The van der Waals surface area contributed by atoms with Crippen molar-refractivity contribution < 1.29 is 13.5 Å². The Morgan fingerprint density at radius 1 is 1.40 bits per heavy atom. The van der Waals surface area contributed by atoms with Crippen LogP contribution in [0, 0.1) is 0 Å². The Balaban J connectivity index is 2.29. The minimum Gasteiger partial charge on any atom is -0.392 e. The summed E-state index contributed by atoms with van der Waals surface area (Å²) < 4.78 is 27.3. The predicted molar refractivity (Wildman–Crippen MR) is 78.6 cm³/mol. The SMILES string of the molecule is CN1CCC(NS(=O)(=O)c2cc(CO)c(Cl)cc2Cl)C1. The van der Waals surface area contributed by atoms with E-state index in [2.05, 4.69) is 9.62 Å². The van der Waals surface area contributed by atoms with Crippen molar-refractivity contribution in [1.29, 1.82) is 0 Å². The zero-order valence-corrected chi connectivity index (χ0v) is 13.3. The third-order valence-corrected chi connectivity index (χ3v) is 5.61. The highest BCUT2D eigenvalue weighted by Crippen LogP contribution is 2.29. The van der Waals surface area contributed by atoms with Crippen LogP contribution in [0.1, 0.15) is 12.0 Å². The molecule has 2 rings (SSSR count). The number of nitrogens with zero attached hydrogens (tertiary/aromatic N) is 1. The molecule has 0 spiro atoms. The summed E-state index contributed by atoms with van der Waals surface area (Å²) in [6.07, 6.45) is 0.758. The van der Waals surface area contributed by atoms with Crippen LogP contribution in [0.4, 0.5) is 0 Å². The van der Waals surface area contributed by atoms with Crippen LogP contribution in [-0.2, 0) is 16.6 Å². The van der Waals surface area contributed by atoms with Gasteiger partial charge in [-0.15, -0.1) is 0 Å². The summed E-state index contributed by atoms with van der Waals surface area (Å²) in [5.74, 6) is 0. The molecule has 1 atom stereocenters. The number of aliphatic hydroxyl groups excluding tert-OH is 1. The molecule has 0 bridgehead atoms. The molecule has 1 aliphatic heterocycles. The number of benzene rings is 1. The zero-order valence-electron chi connectivity index (χ0n) is 10.9. The van der Waals surface area contributed by atoms with Crippen molar-refractivity contribution in [2.75, 3.05) is 20.1 Å². The summed E-state index contributed by atoms with van der Waals surface area (Å²) in [5.41, 5.74) is 0.333. The lowest BCUT2D eigenvalue weighted by molar-refractivity contribution is 0.281.